The Morgan fingerprint density at radius 3 is 2.53 bits per heavy atom. The number of nitrogens with zero attached hydrogens (tertiary/aromatic N) is 3. The summed E-state index contributed by atoms with van der Waals surface area (Å²) in [5.74, 6) is 0.364. The lowest BCUT2D eigenvalue weighted by Gasteiger charge is -2.33. The first-order chi connectivity index (χ1) is 17.6. The molecule has 8 heteroatoms. The third-order valence-electron chi connectivity index (χ3n) is 6.73. The van der Waals surface area contributed by atoms with Gasteiger partial charge in [0.15, 0.2) is 0 Å². The van der Waals surface area contributed by atoms with Gasteiger partial charge >= 0.3 is 0 Å². The standard InChI is InChI=1S/C28H29FN4O2S/c29-23-10-8-21(9-11-23)19-33-27(35)25-24(14-18-36-25)31-28(33)32-16-12-22(13-17-32)26(34)30-15-4-7-20-5-2-1-3-6-20/h1-3,5-6,8-11,14,18,22H,4,7,12-13,15-17,19H2,(H,30,34). The highest BCUT2D eigenvalue weighted by Gasteiger charge is 2.27. The Balaban J connectivity index is 1.23. The third kappa shape index (κ3) is 5.49. The van der Waals surface area contributed by atoms with E-state index in [1.54, 1.807) is 16.7 Å². The first-order valence-electron chi connectivity index (χ1n) is 12.4. The monoisotopic (exact) mass is 504 g/mol. The van der Waals surface area contributed by atoms with Crippen molar-refractivity contribution in [3.8, 4) is 0 Å². The van der Waals surface area contributed by atoms with Gasteiger partial charge in [0.25, 0.3) is 5.56 Å². The second-order valence-corrected chi connectivity index (χ2v) is 10.1. The van der Waals surface area contributed by atoms with E-state index in [0.29, 0.717) is 55.2 Å². The summed E-state index contributed by atoms with van der Waals surface area (Å²) in [5.41, 5.74) is 2.71. The molecule has 1 aliphatic rings. The molecular formula is C28H29FN4O2S. The van der Waals surface area contributed by atoms with Crippen molar-refractivity contribution in [1.82, 2.24) is 14.9 Å². The van der Waals surface area contributed by atoms with Crippen LogP contribution in [-0.4, -0.2) is 35.1 Å². The summed E-state index contributed by atoms with van der Waals surface area (Å²) >= 11 is 1.38. The van der Waals surface area contributed by atoms with Gasteiger partial charge < -0.3 is 10.2 Å². The lowest BCUT2D eigenvalue weighted by atomic mass is 9.96. The normalized spacial score (nSPS) is 14.3. The summed E-state index contributed by atoms with van der Waals surface area (Å²) in [7, 11) is 0. The Bertz CT molecular complexity index is 1380. The van der Waals surface area contributed by atoms with Crippen molar-refractivity contribution in [2.75, 3.05) is 24.5 Å². The van der Waals surface area contributed by atoms with Gasteiger partial charge in [0.1, 0.15) is 10.5 Å². The zero-order valence-corrected chi connectivity index (χ0v) is 20.8. The van der Waals surface area contributed by atoms with Crippen LogP contribution in [0.25, 0.3) is 10.2 Å². The third-order valence-corrected chi connectivity index (χ3v) is 7.62. The van der Waals surface area contributed by atoms with Crippen LogP contribution in [0.5, 0.6) is 0 Å². The number of fused-ring (bicyclic) bond motifs is 1. The number of anilines is 1. The maximum atomic E-state index is 13.4. The van der Waals surface area contributed by atoms with Gasteiger partial charge in [-0.3, -0.25) is 14.2 Å². The fraction of sp³-hybridized carbons (Fsp3) is 0.321. The second kappa shape index (κ2) is 11.0. The fourth-order valence-corrected chi connectivity index (χ4v) is 5.50. The highest BCUT2D eigenvalue weighted by Crippen LogP contribution is 2.25. The van der Waals surface area contributed by atoms with Crippen molar-refractivity contribution in [2.24, 2.45) is 5.92 Å². The minimum Gasteiger partial charge on any atom is -0.356 e. The van der Waals surface area contributed by atoms with Crippen LogP contribution in [0.2, 0.25) is 0 Å². The molecule has 2 aromatic carbocycles. The van der Waals surface area contributed by atoms with Crippen LogP contribution in [-0.2, 0) is 17.8 Å². The number of rotatable bonds is 8. The molecule has 0 aliphatic carbocycles. The lowest BCUT2D eigenvalue weighted by molar-refractivity contribution is -0.125. The van der Waals surface area contributed by atoms with E-state index in [1.165, 1.54) is 29.0 Å². The molecule has 0 unspecified atom stereocenters. The average Bonchev–Trinajstić information content (AvgIpc) is 3.39. The minimum absolute atomic E-state index is 0.0416. The Hall–Kier alpha value is -3.52. The number of hydrogen-bond acceptors (Lipinski definition) is 5. The number of benzene rings is 2. The van der Waals surface area contributed by atoms with Crippen LogP contribution in [0.15, 0.2) is 70.8 Å². The summed E-state index contributed by atoms with van der Waals surface area (Å²) < 4.78 is 15.7. The molecule has 1 N–H and O–H groups in total. The minimum atomic E-state index is -0.307. The Kier molecular flexibility index (Phi) is 7.41. The number of aryl methyl sites for hydroxylation is 1. The van der Waals surface area contributed by atoms with Crippen LogP contribution in [0.3, 0.4) is 0 Å². The molecule has 186 valence electrons. The van der Waals surface area contributed by atoms with E-state index >= 15 is 0 Å². The molecule has 0 spiro atoms. The quantitative estimate of drug-likeness (QED) is 0.356. The number of halogens is 1. The summed E-state index contributed by atoms with van der Waals surface area (Å²) in [6, 6.07) is 18.3. The van der Waals surface area contributed by atoms with Crippen LogP contribution >= 0.6 is 11.3 Å². The van der Waals surface area contributed by atoms with E-state index < -0.39 is 0 Å². The molecule has 0 bridgehead atoms. The van der Waals surface area contributed by atoms with E-state index in [-0.39, 0.29) is 23.2 Å². The first kappa shape index (κ1) is 24.2. The fourth-order valence-electron chi connectivity index (χ4n) is 4.72. The number of carbonyl (C=O) groups excluding carboxylic acids is 1. The van der Waals surface area contributed by atoms with Crippen LogP contribution in [0.1, 0.15) is 30.4 Å². The van der Waals surface area contributed by atoms with Gasteiger partial charge in [0.2, 0.25) is 11.9 Å². The molecule has 4 aromatic rings. The van der Waals surface area contributed by atoms with Crippen LogP contribution < -0.4 is 15.8 Å². The Morgan fingerprint density at radius 1 is 1.03 bits per heavy atom. The number of carbonyl (C=O) groups is 1. The van der Waals surface area contributed by atoms with E-state index in [9.17, 15) is 14.0 Å². The molecule has 1 aliphatic heterocycles. The van der Waals surface area contributed by atoms with Gasteiger partial charge in [-0.15, -0.1) is 11.3 Å². The number of hydrogen-bond donors (Lipinski definition) is 1. The first-order valence-corrected chi connectivity index (χ1v) is 13.3. The van der Waals surface area contributed by atoms with Gasteiger partial charge in [-0.25, -0.2) is 9.37 Å². The molecule has 36 heavy (non-hydrogen) atoms. The summed E-state index contributed by atoms with van der Waals surface area (Å²) in [4.78, 5) is 33.0. The average molecular weight is 505 g/mol. The van der Waals surface area contributed by atoms with Crippen LogP contribution in [0.4, 0.5) is 10.3 Å². The van der Waals surface area contributed by atoms with Gasteiger partial charge in [-0.2, -0.15) is 0 Å². The van der Waals surface area contributed by atoms with Crippen LogP contribution in [0, 0.1) is 11.7 Å². The molecule has 0 radical (unpaired) electrons. The predicted octanol–water partition coefficient (Wildman–Crippen LogP) is 4.61. The molecule has 1 amide bonds. The van der Waals surface area contributed by atoms with Gasteiger partial charge in [0.05, 0.1) is 12.1 Å². The largest absolute Gasteiger partial charge is 0.356 e. The van der Waals surface area contributed by atoms with Gasteiger partial charge in [0, 0.05) is 25.6 Å². The SMILES string of the molecule is O=C(NCCCc1ccccc1)C1CCN(c2nc3ccsc3c(=O)n2Cc2ccc(F)cc2)CC1. The topological polar surface area (TPSA) is 67.2 Å². The molecule has 1 fully saturated rings. The van der Waals surface area contributed by atoms with E-state index in [2.05, 4.69) is 22.3 Å². The number of aromatic nitrogens is 2. The summed E-state index contributed by atoms with van der Waals surface area (Å²) in [6.45, 7) is 2.28. The zero-order chi connectivity index (χ0) is 24.9. The Morgan fingerprint density at radius 2 is 1.78 bits per heavy atom. The van der Waals surface area contributed by atoms with E-state index in [1.807, 2.05) is 29.6 Å². The second-order valence-electron chi connectivity index (χ2n) is 9.21. The molecule has 1 saturated heterocycles. The predicted molar refractivity (Wildman–Crippen MR) is 142 cm³/mol. The Labute approximate surface area is 213 Å². The van der Waals surface area contributed by atoms with Crippen molar-refractivity contribution in [3.63, 3.8) is 0 Å². The number of thiophene rings is 1. The summed E-state index contributed by atoms with van der Waals surface area (Å²) in [5, 5.41) is 4.97. The molecule has 6 nitrogen and oxygen atoms in total. The molecular weight excluding hydrogens is 475 g/mol. The van der Waals surface area contributed by atoms with Gasteiger partial charge in [-0.05, 0) is 60.4 Å². The van der Waals surface area contributed by atoms with Crippen molar-refractivity contribution in [1.29, 1.82) is 0 Å². The van der Waals surface area contributed by atoms with Crippen molar-refractivity contribution in [3.05, 3.63) is 93.3 Å². The highest BCUT2D eigenvalue weighted by atomic mass is 32.1. The van der Waals surface area contributed by atoms with Crippen molar-refractivity contribution >= 4 is 33.4 Å². The maximum absolute atomic E-state index is 13.4. The maximum Gasteiger partial charge on any atom is 0.273 e. The highest BCUT2D eigenvalue weighted by molar-refractivity contribution is 7.17. The molecule has 0 saturated carbocycles. The number of amides is 1. The van der Waals surface area contributed by atoms with Crippen molar-refractivity contribution in [2.45, 2.75) is 32.2 Å². The molecule has 2 aromatic heterocycles. The smallest absolute Gasteiger partial charge is 0.273 e. The van der Waals surface area contributed by atoms with Crippen molar-refractivity contribution < 1.29 is 9.18 Å². The number of piperidine rings is 1. The molecule has 0 atom stereocenters. The molecule has 3 heterocycles. The van der Waals surface area contributed by atoms with Gasteiger partial charge in [-0.1, -0.05) is 42.5 Å². The van der Waals surface area contributed by atoms with E-state index in [0.717, 1.165) is 18.4 Å². The summed E-state index contributed by atoms with van der Waals surface area (Å²) in [6.07, 6.45) is 3.27. The number of nitrogens with one attached hydrogen (secondary N) is 1. The zero-order valence-electron chi connectivity index (χ0n) is 20.0. The molecule has 5 rings (SSSR count). The lowest BCUT2D eigenvalue weighted by Crippen LogP contribution is -2.43. The van der Waals surface area contributed by atoms with E-state index in [4.69, 9.17) is 4.98 Å².